The molecule has 0 radical (unpaired) electrons. The quantitative estimate of drug-likeness (QED) is 0.316. The smallest absolute Gasteiger partial charge is 0.405 e. The Hall–Kier alpha value is -3.04. The van der Waals surface area contributed by atoms with Gasteiger partial charge < -0.3 is 25.8 Å². The molecule has 0 aliphatic heterocycles. The maximum absolute atomic E-state index is 13.7. The van der Waals surface area contributed by atoms with E-state index in [1.165, 1.54) is 25.7 Å². The first-order valence-corrected chi connectivity index (χ1v) is 15.9. The fraction of sp³-hybridized carbons (Fsp3) is 0.750. The third-order valence-electron chi connectivity index (χ3n) is 9.73. The first-order chi connectivity index (χ1) is 19.9. The van der Waals surface area contributed by atoms with Crippen LogP contribution in [0.5, 0.6) is 5.88 Å². The van der Waals surface area contributed by atoms with Gasteiger partial charge in [-0.2, -0.15) is 5.10 Å². The van der Waals surface area contributed by atoms with E-state index in [9.17, 15) is 14.4 Å². The van der Waals surface area contributed by atoms with Crippen molar-refractivity contribution in [2.75, 3.05) is 6.61 Å². The van der Waals surface area contributed by atoms with Crippen LogP contribution in [-0.2, 0) is 9.53 Å². The number of amides is 3. The van der Waals surface area contributed by atoms with Gasteiger partial charge in [0, 0.05) is 18.7 Å². The van der Waals surface area contributed by atoms with Crippen molar-refractivity contribution in [3.63, 3.8) is 0 Å². The summed E-state index contributed by atoms with van der Waals surface area (Å²) in [4.78, 5) is 37.9. The first-order valence-electron chi connectivity index (χ1n) is 15.9. The van der Waals surface area contributed by atoms with Crippen LogP contribution in [0.3, 0.4) is 0 Å². The van der Waals surface area contributed by atoms with Gasteiger partial charge >= 0.3 is 6.09 Å². The van der Waals surface area contributed by atoms with Crippen LogP contribution >= 0.6 is 0 Å². The van der Waals surface area contributed by atoms with E-state index in [0.717, 1.165) is 38.5 Å². The van der Waals surface area contributed by atoms with Crippen molar-refractivity contribution in [3.05, 3.63) is 17.8 Å². The minimum absolute atomic E-state index is 0.00821. The van der Waals surface area contributed by atoms with Crippen molar-refractivity contribution in [2.45, 2.75) is 116 Å². The van der Waals surface area contributed by atoms with Crippen molar-refractivity contribution in [2.24, 2.45) is 35.3 Å². The van der Waals surface area contributed by atoms with Crippen LogP contribution in [-0.4, -0.2) is 51.5 Å². The van der Waals surface area contributed by atoms with E-state index in [2.05, 4.69) is 29.6 Å². The summed E-state index contributed by atoms with van der Waals surface area (Å²) >= 11 is 0. The predicted octanol–water partition coefficient (Wildman–Crippen LogP) is 5.03. The number of carbonyl (C=O) groups excluding carboxylic acids is 3. The summed E-state index contributed by atoms with van der Waals surface area (Å²) in [5.41, 5.74) is 4.71. The topological polar surface area (TPSA) is 138 Å². The summed E-state index contributed by atoms with van der Waals surface area (Å²) in [6.07, 6.45) is 15.4. The maximum Gasteiger partial charge on any atom is 0.405 e. The zero-order valence-electron chi connectivity index (χ0n) is 25.7. The number of nitrogens with zero attached hydrogens (tertiary/aromatic N) is 2. The van der Waals surface area contributed by atoms with Crippen molar-refractivity contribution in [1.29, 1.82) is 0 Å². The van der Waals surface area contributed by atoms with Crippen LogP contribution in [0.1, 0.15) is 109 Å². The van der Waals surface area contributed by atoms with Crippen LogP contribution in [0.25, 0.3) is 6.20 Å². The molecule has 0 aromatic carbocycles. The molecule has 2 atom stereocenters. The summed E-state index contributed by atoms with van der Waals surface area (Å²) in [7, 11) is 0. The summed E-state index contributed by atoms with van der Waals surface area (Å²) < 4.78 is 13.3. The van der Waals surface area contributed by atoms with E-state index in [-0.39, 0.29) is 35.6 Å². The van der Waals surface area contributed by atoms with Gasteiger partial charge in [-0.05, 0) is 88.0 Å². The molecule has 6 rings (SSSR count). The zero-order chi connectivity index (χ0) is 30.1. The second kappa shape index (κ2) is 12.3. The lowest BCUT2D eigenvalue weighted by Gasteiger charge is -2.58. The van der Waals surface area contributed by atoms with Crippen LogP contribution < -0.4 is 21.1 Å². The Kier molecular flexibility index (Phi) is 8.90. The van der Waals surface area contributed by atoms with E-state index in [1.807, 2.05) is 19.9 Å². The highest BCUT2D eigenvalue weighted by atomic mass is 16.6. The monoisotopic (exact) mass is 583 g/mol. The standard InChI is InChI=1S/C32H49N5O5/c1-20(2)19-41-29-25(18-34-37(29)12-11-31(3,4)36-26(38)10-9-21-7-5-6-8-21)28(39)35-27-23-13-22-14-24(27)17-32(15-22,16-23)42-30(33)40/h11-12,18,20-24,27H,5-10,13-17,19H2,1-4H3,(H2,33,40)(H,35,39)(H,36,38)/b12-11+. The molecule has 2 unspecified atom stereocenters. The fourth-order valence-electron chi connectivity index (χ4n) is 8.11. The van der Waals surface area contributed by atoms with Crippen LogP contribution in [0.15, 0.2) is 12.3 Å². The minimum atomic E-state index is -0.711. The second-order valence-corrected chi connectivity index (χ2v) is 14.4. The number of hydrogen-bond acceptors (Lipinski definition) is 6. The summed E-state index contributed by atoms with van der Waals surface area (Å²) in [6.45, 7) is 8.44. The molecule has 0 saturated heterocycles. The lowest BCUT2D eigenvalue weighted by atomic mass is 9.52. The van der Waals surface area contributed by atoms with Crippen LogP contribution in [0.2, 0.25) is 0 Å². The Morgan fingerprint density at radius 3 is 2.50 bits per heavy atom. The lowest BCUT2D eigenvalue weighted by molar-refractivity contribution is -0.137. The molecule has 4 bridgehead atoms. The SMILES string of the molecule is CC(C)COc1c(C(=O)NC2C3CC4CC2CC(OC(N)=O)(C4)C3)cnn1/C=C/C(C)(C)NC(=O)CCC1CCCC1. The number of hydrogen-bond donors (Lipinski definition) is 3. The van der Waals surface area contributed by atoms with Gasteiger partial charge in [-0.3, -0.25) is 9.59 Å². The summed E-state index contributed by atoms with van der Waals surface area (Å²) in [6, 6.07) is 0.00821. The Morgan fingerprint density at radius 2 is 1.86 bits per heavy atom. The zero-order valence-corrected chi connectivity index (χ0v) is 25.7. The van der Waals surface area contributed by atoms with E-state index < -0.39 is 17.2 Å². The molecule has 10 nitrogen and oxygen atoms in total. The second-order valence-electron chi connectivity index (χ2n) is 14.4. The normalized spacial score (nSPS) is 28.9. The predicted molar refractivity (Wildman–Crippen MR) is 160 cm³/mol. The van der Waals surface area contributed by atoms with Gasteiger partial charge in [0.25, 0.3) is 5.91 Å². The molecule has 5 saturated carbocycles. The van der Waals surface area contributed by atoms with Crippen molar-refractivity contribution in [3.8, 4) is 5.88 Å². The average Bonchev–Trinajstić information content (AvgIpc) is 3.55. The molecule has 1 aromatic heterocycles. The van der Waals surface area contributed by atoms with E-state index in [1.54, 1.807) is 17.1 Å². The molecule has 42 heavy (non-hydrogen) atoms. The highest BCUT2D eigenvalue weighted by Crippen LogP contribution is 2.57. The highest BCUT2D eigenvalue weighted by Gasteiger charge is 2.57. The number of ether oxygens (including phenoxy) is 2. The van der Waals surface area contributed by atoms with E-state index in [4.69, 9.17) is 15.2 Å². The lowest BCUT2D eigenvalue weighted by Crippen LogP contribution is -2.63. The maximum atomic E-state index is 13.7. The molecule has 10 heteroatoms. The molecule has 1 aromatic rings. The van der Waals surface area contributed by atoms with Gasteiger partial charge in [-0.15, -0.1) is 0 Å². The van der Waals surface area contributed by atoms with Gasteiger partial charge in [-0.25, -0.2) is 9.48 Å². The van der Waals surface area contributed by atoms with Crippen molar-refractivity contribution >= 4 is 24.1 Å². The summed E-state index contributed by atoms with van der Waals surface area (Å²) in [5.74, 6) is 2.14. The molecular formula is C32H49N5O5. The summed E-state index contributed by atoms with van der Waals surface area (Å²) in [5, 5.41) is 10.9. The minimum Gasteiger partial charge on any atom is -0.477 e. The van der Waals surface area contributed by atoms with Gasteiger partial charge in [0.05, 0.1) is 18.3 Å². The number of carbonyl (C=O) groups is 3. The van der Waals surface area contributed by atoms with E-state index in [0.29, 0.717) is 36.3 Å². The van der Waals surface area contributed by atoms with Crippen LogP contribution in [0, 0.1) is 29.6 Å². The van der Waals surface area contributed by atoms with Crippen LogP contribution in [0.4, 0.5) is 4.79 Å². The molecule has 232 valence electrons. The Bertz CT molecular complexity index is 1170. The largest absolute Gasteiger partial charge is 0.477 e. The number of nitrogens with one attached hydrogen (secondary N) is 2. The van der Waals surface area contributed by atoms with Gasteiger partial charge in [0.2, 0.25) is 11.8 Å². The molecule has 5 aliphatic rings. The van der Waals surface area contributed by atoms with E-state index >= 15 is 0 Å². The van der Waals surface area contributed by atoms with Gasteiger partial charge in [0.15, 0.2) is 0 Å². The average molecular weight is 584 g/mol. The number of rotatable bonds is 12. The van der Waals surface area contributed by atoms with Gasteiger partial charge in [0.1, 0.15) is 11.2 Å². The molecule has 3 amide bonds. The Morgan fingerprint density at radius 1 is 1.17 bits per heavy atom. The third-order valence-corrected chi connectivity index (χ3v) is 9.73. The molecule has 1 heterocycles. The Balaban J connectivity index is 1.25. The van der Waals surface area contributed by atoms with Gasteiger partial charge in [-0.1, -0.05) is 39.5 Å². The number of aromatic nitrogens is 2. The van der Waals surface area contributed by atoms with Crippen molar-refractivity contribution in [1.82, 2.24) is 20.4 Å². The first kappa shape index (κ1) is 30.4. The van der Waals surface area contributed by atoms with Crippen molar-refractivity contribution < 1.29 is 23.9 Å². The molecule has 4 N–H and O–H groups in total. The fourth-order valence-corrected chi connectivity index (χ4v) is 8.11. The molecule has 0 spiro atoms. The number of primary amides is 1. The highest BCUT2D eigenvalue weighted by molar-refractivity contribution is 5.96. The molecular weight excluding hydrogens is 534 g/mol. The molecule has 5 aliphatic carbocycles. The number of nitrogens with two attached hydrogens (primary N) is 1. The molecule has 5 fully saturated rings. The third kappa shape index (κ3) is 7.11. The Labute approximate surface area is 249 Å².